The largest absolute Gasteiger partial charge is 0.497 e. The van der Waals surface area contributed by atoms with E-state index >= 15 is 0 Å². The Hall–Kier alpha value is -2.56. The van der Waals surface area contributed by atoms with Crippen LogP contribution in [0.15, 0.2) is 53.5 Å². The summed E-state index contributed by atoms with van der Waals surface area (Å²) in [7, 11) is 1.66. The van der Waals surface area contributed by atoms with E-state index < -0.39 is 0 Å². The maximum absolute atomic E-state index is 12.4. The van der Waals surface area contributed by atoms with Crippen LogP contribution in [-0.2, 0) is 17.8 Å². The molecule has 0 spiro atoms. The van der Waals surface area contributed by atoms with Crippen LogP contribution in [0.4, 0.5) is 0 Å². The number of ether oxygens (including phenoxy) is 1. The maximum Gasteiger partial charge on any atom is 0.250 e. The van der Waals surface area contributed by atoms with Gasteiger partial charge in [0.2, 0.25) is 5.91 Å². The second-order valence-electron chi connectivity index (χ2n) is 6.21. The first kappa shape index (κ1) is 16.3. The van der Waals surface area contributed by atoms with Crippen LogP contribution in [0.3, 0.4) is 0 Å². The van der Waals surface area contributed by atoms with Crippen LogP contribution in [0.25, 0.3) is 0 Å². The number of carbonyl (C=O) groups is 1. The van der Waals surface area contributed by atoms with Crippen molar-refractivity contribution in [2.45, 2.75) is 19.4 Å². The number of methoxy groups -OCH3 is 1. The average molecular weight is 326 g/mol. The third-order valence-corrected chi connectivity index (χ3v) is 4.53. The van der Waals surface area contributed by atoms with Gasteiger partial charge in [0.25, 0.3) is 5.56 Å². The monoisotopic (exact) mass is 326 g/mol. The van der Waals surface area contributed by atoms with Crippen molar-refractivity contribution in [1.29, 1.82) is 0 Å². The smallest absolute Gasteiger partial charge is 0.250 e. The van der Waals surface area contributed by atoms with Gasteiger partial charge in [0.15, 0.2) is 0 Å². The Morgan fingerprint density at radius 1 is 1.21 bits per heavy atom. The molecule has 1 saturated heterocycles. The SMILES string of the molecule is COc1ccc(CC2CCN(C(=O)Cn3ccccc3=O)C2)cc1. The molecule has 0 saturated carbocycles. The van der Waals surface area contributed by atoms with Crippen molar-refractivity contribution < 1.29 is 9.53 Å². The first-order chi connectivity index (χ1) is 11.7. The van der Waals surface area contributed by atoms with Gasteiger partial charge < -0.3 is 14.2 Å². The molecule has 1 atom stereocenters. The van der Waals surface area contributed by atoms with E-state index in [2.05, 4.69) is 12.1 Å². The van der Waals surface area contributed by atoms with Gasteiger partial charge in [-0.2, -0.15) is 0 Å². The highest BCUT2D eigenvalue weighted by Gasteiger charge is 2.26. The van der Waals surface area contributed by atoms with E-state index in [1.165, 1.54) is 16.2 Å². The molecule has 1 fully saturated rings. The Morgan fingerprint density at radius 2 is 2.00 bits per heavy atom. The quantitative estimate of drug-likeness (QED) is 0.844. The lowest BCUT2D eigenvalue weighted by molar-refractivity contribution is -0.130. The highest BCUT2D eigenvalue weighted by molar-refractivity contribution is 5.76. The molecule has 0 aliphatic carbocycles. The van der Waals surface area contributed by atoms with Crippen molar-refractivity contribution in [3.63, 3.8) is 0 Å². The lowest BCUT2D eigenvalue weighted by atomic mass is 9.99. The molecule has 5 heteroatoms. The Balaban J connectivity index is 1.55. The number of benzene rings is 1. The van der Waals surface area contributed by atoms with Gasteiger partial charge in [-0.05, 0) is 42.5 Å². The summed E-state index contributed by atoms with van der Waals surface area (Å²) in [5.74, 6) is 1.34. The predicted molar refractivity (Wildman–Crippen MR) is 92.1 cm³/mol. The maximum atomic E-state index is 12.4. The van der Waals surface area contributed by atoms with Crippen LogP contribution in [-0.4, -0.2) is 35.6 Å². The molecule has 2 heterocycles. The first-order valence-corrected chi connectivity index (χ1v) is 8.22. The van der Waals surface area contributed by atoms with Gasteiger partial charge in [0.05, 0.1) is 7.11 Å². The fourth-order valence-corrected chi connectivity index (χ4v) is 3.16. The summed E-state index contributed by atoms with van der Waals surface area (Å²) in [5, 5.41) is 0. The zero-order valence-corrected chi connectivity index (χ0v) is 13.9. The standard InChI is InChI=1S/C19H22N2O3/c1-24-17-7-5-15(6-8-17)12-16-9-11-21(13-16)19(23)14-20-10-3-2-4-18(20)22/h2-8,10,16H,9,11-14H2,1H3. The molecule has 1 amide bonds. The number of carbonyl (C=O) groups excluding carboxylic acids is 1. The van der Waals surface area contributed by atoms with E-state index in [1.807, 2.05) is 17.0 Å². The van der Waals surface area contributed by atoms with Crippen molar-refractivity contribution in [2.75, 3.05) is 20.2 Å². The molecular weight excluding hydrogens is 304 g/mol. The Kier molecular flexibility index (Phi) is 4.99. The topological polar surface area (TPSA) is 51.5 Å². The summed E-state index contributed by atoms with van der Waals surface area (Å²) in [5.41, 5.74) is 1.12. The molecule has 1 aromatic heterocycles. The number of hydrogen-bond acceptors (Lipinski definition) is 3. The second-order valence-corrected chi connectivity index (χ2v) is 6.21. The zero-order chi connectivity index (χ0) is 16.9. The van der Waals surface area contributed by atoms with Gasteiger partial charge in [-0.15, -0.1) is 0 Å². The minimum Gasteiger partial charge on any atom is -0.497 e. The van der Waals surface area contributed by atoms with E-state index in [9.17, 15) is 9.59 Å². The molecule has 24 heavy (non-hydrogen) atoms. The van der Waals surface area contributed by atoms with E-state index in [1.54, 1.807) is 25.4 Å². The Labute approximate surface area is 141 Å². The van der Waals surface area contributed by atoms with Gasteiger partial charge in [0, 0.05) is 25.4 Å². The molecule has 3 rings (SSSR count). The zero-order valence-electron chi connectivity index (χ0n) is 13.9. The Morgan fingerprint density at radius 3 is 2.71 bits per heavy atom. The van der Waals surface area contributed by atoms with E-state index in [4.69, 9.17) is 4.74 Å². The number of nitrogens with zero attached hydrogens (tertiary/aromatic N) is 2. The van der Waals surface area contributed by atoms with E-state index in [-0.39, 0.29) is 18.0 Å². The molecule has 126 valence electrons. The minimum atomic E-state index is -0.139. The summed E-state index contributed by atoms with van der Waals surface area (Å²) in [6.45, 7) is 1.64. The van der Waals surface area contributed by atoms with Gasteiger partial charge in [-0.3, -0.25) is 9.59 Å². The summed E-state index contributed by atoms with van der Waals surface area (Å²) >= 11 is 0. The number of hydrogen-bond donors (Lipinski definition) is 0. The summed E-state index contributed by atoms with van der Waals surface area (Å²) in [6, 6.07) is 13.0. The fourth-order valence-electron chi connectivity index (χ4n) is 3.16. The minimum absolute atomic E-state index is 0.0144. The van der Waals surface area contributed by atoms with Crippen LogP contribution in [0.2, 0.25) is 0 Å². The third-order valence-electron chi connectivity index (χ3n) is 4.53. The molecule has 2 aromatic rings. The molecule has 1 unspecified atom stereocenters. The van der Waals surface area contributed by atoms with Crippen LogP contribution < -0.4 is 10.3 Å². The van der Waals surface area contributed by atoms with Crippen molar-refractivity contribution in [3.05, 3.63) is 64.6 Å². The molecule has 0 bridgehead atoms. The molecule has 1 aromatic carbocycles. The highest BCUT2D eigenvalue weighted by atomic mass is 16.5. The number of amides is 1. The predicted octanol–water partition coefficient (Wildman–Crippen LogP) is 1.95. The lowest BCUT2D eigenvalue weighted by Crippen LogP contribution is -2.34. The van der Waals surface area contributed by atoms with Gasteiger partial charge in [-0.1, -0.05) is 18.2 Å². The van der Waals surface area contributed by atoms with Crippen LogP contribution in [0, 0.1) is 5.92 Å². The van der Waals surface area contributed by atoms with Crippen LogP contribution in [0.1, 0.15) is 12.0 Å². The third kappa shape index (κ3) is 3.85. The Bertz CT molecular complexity index is 752. The molecule has 0 N–H and O–H groups in total. The van der Waals surface area contributed by atoms with E-state index in [0.717, 1.165) is 31.7 Å². The number of likely N-dealkylation sites (tertiary alicyclic amines) is 1. The number of pyridine rings is 1. The number of rotatable bonds is 5. The van der Waals surface area contributed by atoms with Crippen LogP contribution in [0.5, 0.6) is 5.75 Å². The highest BCUT2D eigenvalue weighted by Crippen LogP contribution is 2.22. The normalized spacial score (nSPS) is 17.0. The summed E-state index contributed by atoms with van der Waals surface area (Å²) in [6.07, 6.45) is 3.62. The molecule has 1 aliphatic rings. The molecule has 5 nitrogen and oxygen atoms in total. The van der Waals surface area contributed by atoms with Gasteiger partial charge in [-0.25, -0.2) is 0 Å². The second kappa shape index (κ2) is 7.34. The lowest BCUT2D eigenvalue weighted by Gasteiger charge is -2.17. The van der Waals surface area contributed by atoms with Gasteiger partial charge >= 0.3 is 0 Å². The van der Waals surface area contributed by atoms with Gasteiger partial charge in [0.1, 0.15) is 12.3 Å². The first-order valence-electron chi connectivity index (χ1n) is 8.22. The summed E-state index contributed by atoms with van der Waals surface area (Å²) in [4.78, 5) is 26.0. The van der Waals surface area contributed by atoms with Crippen molar-refractivity contribution >= 4 is 5.91 Å². The number of aromatic nitrogens is 1. The fraction of sp³-hybridized carbons (Fsp3) is 0.368. The van der Waals surface area contributed by atoms with Crippen molar-refractivity contribution in [1.82, 2.24) is 9.47 Å². The summed E-state index contributed by atoms with van der Waals surface area (Å²) < 4.78 is 6.63. The van der Waals surface area contributed by atoms with E-state index in [0.29, 0.717) is 5.92 Å². The average Bonchev–Trinajstić information content (AvgIpc) is 3.06. The van der Waals surface area contributed by atoms with Crippen LogP contribution >= 0.6 is 0 Å². The van der Waals surface area contributed by atoms with Crippen molar-refractivity contribution in [2.24, 2.45) is 5.92 Å². The molecule has 0 radical (unpaired) electrons. The van der Waals surface area contributed by atoms with Crippen molar-refractivity contribution in [3.8, 4) is 5.75 Å². The molecular formula is C19H22N2O3. The molecule has 1 aliphatic heterocycles.